The van der Waals surface area contributed by atoms with Gasteiger partial charge in [-0.05, 0) is 52.8 Å². The summed E-state index contributed by atoms with van der Waals surface area (Å²) in [6.45, 7) is 10.4. The van der Waals surface area contributed by atoms with Crippen molar-refractivity contribution in [1.82, 2.24) is 24.2 Å². The molecule has 0 atom stereocenters. The van der Waals surface area contributed by atoms with Crippen LogP contribution in [0.4, 0.5) is 5.95 Å². The van der Waals surface area contributed by atoms with Crippen molar-refractivity contribution in [2.45, 2.75) is 51.6 Å². The molecule has 150 valence electrons. The SMILES string of the molecule is CCNc1ncc(-c2nc3cc(S(=O)(=O)NC(C)C)ccc3n2C(C)C)cn1. The monoisotopic (exact) mass is 402 g/mol. The topological polar surface area (TPSA) is 102 Å². The van der Waals surface area contributed by atoms with Gasteiger partial charge >= 0.3 is 0 Å². The summed E-state index contributed by atoms with van der Waals surface area (Å²) in [5.74, 6) is 1.27. The molecule has 0 bridgehead atoms. The maximum atomic E-state index is 12.5. The number of hydrogen-bond donors (Lipinski definition) is 2. The largest absolute Gasteiger partial charge is 0.355 e. The summed E-state index contributed by atoms with van der Waals surface area (Å²) in [5, 5.41) is 3.07. The van der Waals surface area contributed by atoms with Crippen molar-refractivity contribution in [2.75, 3.05) is 11.9 Å². The average molecular weight is 403 g/mol. The Bertz CT molecular complexity index is 1070. The van der Waals surface area contributed by atoms with Crippen molar-refractivity contribution in [2.24, 2.45) is 0 Å². The Hall–Kier alpha value is -2.52. The van der Waals surface area contributed by atoms with E-state index < -0.39 is 10.0 Å². The molecule has 2 aromatic heterocycles. The fraction of sp³-hybridized carbons (Fsp3) is 0.421. The molecular formula is C19H26N6O2S. The van der Waals surface area contributed by atoms with Crippen LogP contribution < -0.4 is 10.0 Å². The molecule has 2 N–H and O–H groups in total. The summed E-state index contributed by atoms with van der Waals surface area (Å²) in [6.07, 6.45) is 3.45. The average Bonchev–Trinajstić information content (AvgIpc) is 3.00. The highest BCUT2D eigenvalue weighted by Crippen LogP contribution is 2.29. The zero-order valence-corrected chi connectivity index (χ0v) is 17.6. The van der Waals surface area contributed by atoms with Gasteiger partial charge in [-0.1, -0.05) is 0 Å². The Balaban J connectivity index is 2.12. The lowest BCUT2D eigenvalue weighted by Gasteiger charge is -2.13. The van der Waals surface area contributed by atoms with E-state index in [0.29, 0.717) is 17.3 Å². The van der Waals surface area contributed by atoms with Crippen LogP contribution in [0.15, 0.2) is 35.5 Å². The number of aromatic nitrogens is 4. The quantitative estimate of drug-likeness (QED) is 0.629. The van der Waals surface area contributed by atoms with Crippen LogP contribution in [0.5, 0.6) is 0 Å². The molecule has 9 heteroatoms. The van der Waals surface area contributed by atoms with Crippen molar-refractivity contribution in [1.29, 1.82) is 0 Å². The van der Waals surface area contributed by atoms with E-state index in [4.69, 9.17) is 4.98 Å². The number of nitrogens with zero attached hydrogens (tertiary/aromatic N) is 4. The summed E-state index contributed by atoms with van der Waals surface area (Å²) in [7, 11) is -3.58. The number of benzene rings is 1. The molecule has 0 unspecified atom stereocenters. The first-order valence-corrected chi connectivity index (χ1v) is 10.8. The van der Waals surface area contributed by atoms with E-state index in [1.807, 2.05) is 6.92 Å². The Labute approximate surface area is 165 Å². The minimum absolute atomic E-state index is 0.129. The van der Waals surface area contributed by atoms with Gasteiger partial charge in [-0.2, -0.15) is 0 Å². The zero-order valence-electron chi connectivity index (χ0n) is 16.8. The summed E-state index contributed by atoms with van der Waals surface area (Å²) in [5.41, 5.74) is 2.26. The number of rotatable bonds is 7. The highest BCUT2D eigenvalue weighted by molar-refractivity contribution is 7.89. The number of sulfonamides is 1. The normalized spacial score (nSPS) is 12.2. The molecule has 28 heavy (non-hydrogen) atoms. The van der Waals surface area contributed by atoms with Gasteiger partial charge in [0.05, 0.1) is 21.5 Å². The molecule has 0 aliphatic heterocycles. The van der Waals surface area contributed by atoms with E-state index in [1.54, 1.807) is 44.4 Å². The fourth-order valence-corrected chi connectivity index (χ4v) is 4.31. The molecule has 0 aliphatic carbocycles. The number of hydrogen-bond acceptors (Lipinski definition) is 6. The van der Waals surface area contributed by atoms with E-state index in [2.05, 4.69) is 38.4 Å². The highest BCUT2D eigenvalue weighted by atomic mass is 32.2. The molecule has 0 spiro atoms. The third-order valence-corrected chi connectivity index (χ3v) is 5.78. The Kier molecular flexibility index (Phi) is 5.66. The minimum Gasteiger partial charge on any atom is -0.355 e. The van der Waals surface area contributed by atoms with Crippen LogP contribution in [0.3, 0.4) is 0 Å². The predicted molar refractivity (Wildman–Crippen MR) is 111 cm³/mol. The second-order valence-electron chi connectivity index (χ2n) is 7.15. The molecule has 0 saturated carbocycles. The maximum absolute atomic E-state index is 12.5. The molecule has 3 rings (SSSR count). The maximum Gasteiger partial charge on any atom is 0.240 e. The molecule has 3 aromatic rings. The van der Waals surface area contributed by atoms with Gasteiger partial charge in [0.1, 0.15) is 5.82 Å². The van der Waals surface area contributed by atoms with E-state index >= 15 is 0 Å². The van der Waals surface area contributed by atoms with Crippen molar-refractivity contribution < 1.29 is 8.42 Å². The van der Waals surface area contributed by atoms with Crippen molar-refractivity contribution >= 4 is 27.0 Å². The molecule has 2 heterocycles. The first kappa shape index (κ1) is 20.2. The Morgan fingerprint density at radius 3 is 2.36 bits per heavy atom. The van der Waals surface area contributed by atoms with Gasteiger partial charge in [0.2, 0.25) is 16.0 Å². The molecular weight excluding hydrogens is 376 g/mol. The first-order valence-electron chi connectivity index (χ1n) is 9.33. The number of imidazole rings is 1. The zero-order chi connectivity index (χ0) is 20.5. The molecule has 0 amide bonds. The second kappa shape index (κ2) is 7.84. The number of anilines is 1. The molecule has 0 saturated heterocycles. The molecule has 0 fully saturated rings. The minimum atomic E-state index is -3.58. The molecule has 8 nitrogen and oxygen atoms in total. The molecule has 1 aromatic carbocycles. The third-order valence-electron chi connectivity index (χ3n) is 4.12. The van der Waals surface area contributed by atoms with Crippen LogP contribution in [0, 0.1) is 0 Å². The van der Waals surface area contributed by atoms with E-state index in [9.17, 15) is 8.42 Å². The smallest absolute Gasteiger partial charge is 0.240 e. The molecule has 0 radical (unpaired) electrons. The van der Waals surface area contributed by atoms with Gasteiger partial charge < -0.3 is 9.88 Å². The summed E-state index contributed by atoms with van der Waals surface area (Å²) in [4.78, 5) is 13.6. The summed E-state index contributed by atoms with van der Waals surface area (Å²) in [6, 6.07) is 4.97. The Morgan fingerprint density at radius 2 is 1.79 bits per heavy atom. The van der Waals surface area contributed by atoms with Gasteiger partial charge in [0.15, 0.2) is 0 Å². The van der Waals surface area contributed by atoms with Crippen LogP contribution in [0.25, 0.3) is 22.4 Å². The van der Waals surface area contributed by atoms with Crippen LogP contribution in [0.2, 0.25) is 0 Å². The van der Waals surface area contributed by atoms with Crippen molar-refractivity contribution in [3.8, 4) is 11.4 Å². The summed E-state index contributed by atoms with van der Waals surface area (Å²) < 4.78 is 29.7. The number of nitrogens with one attached hydrogen (secondary N) is 2. The van der Waals surface area contributed by atoms with Crippen molar-refractivity contribution in [3.05, 3.63) is 30.6 Å². The van der Waals surface area contributed by atoms with E-state index in [1.165, 1.54) is 0 Å². The third kappa shape index (κ3) is 4.00. The lowest BCUT2D eigenvalue weighted by Crippen LogP contribution is -2.30. The van der Waals surface area contributed by atoms with Crippen molar-refractivity contribution in [3.63, 3.8) is 0 Å². The predicted octanol–water partition coefficient (Wildman–Crippen LogP) is 3.19. The van der Waals surface area contributed by atoms with Gasteiger partial charge in [-0.15, -0.1) is 0 Å². The standard InChI is InChI=1S/C19H26N6O2S/c1-6-20-19-21-10-14(11-22-19)18-23-16-9-15(28(26,27)24-12(2)3)7-8-17(16)25(18)13(4)5/h7-13,24H,6H2,1-5H3,(H,20,21,22). The summed E-state index contributed by atoms with van der Waals surface area (Å²) >= 11 is 0. The van der Waals surface area contributed by atoms with E-state index in [-0.39, 0.29) is 17.0 Å². The Morgan fingerprint density at radius 1 is 1.11 bits per heavy atom. The second-order valence-corrected chi connectivity index (χ2v) is 8.87. The van der Waals surface area contributed by atoms with Gasteiger partial charge in [0.25, 0.3) is 0 Å². The van der Waals surface area contributed by atoms with Crippen LogP contribution >= 0.6 is 0 Å². The first-order chi connectivity index (χ1) is 13.2. The van der Waals surface area contributed by atoms with Gasteiger partial charge in [-0.3, -0.25) is 0 Å². The number of fused-ring (bicyclic) bond motifs is 1. The van der Waals surface area contributed by atoms with Gasteiger partial charge in [-0.25, -0.2) is 28.1 Å². The lowest BCUT2D eigenvalue weighted by atomic mass is 10.2. The lowest BCUT2D eigenvalue weighted by molar-refractivity contribution is 0.570. The van der Waals surface area contributed by atoms with Crippen LogP contribution in [0.1, 0.15) is 40.7 Å². The molecule has 0 aliphatic rings. The fourth-order valence-electron chi connectivity index (χ4n) is 3.04. The van der Waals surface area contributed by atoms with Gasteiger partial charge in [0, 0.05) is 31.0 Å². The van der Waals surface area contributed by atoms with Crippen LogP contribution in [-0.2, 0) is 10.0 Å². The van der Waals surface area contributed by atoms with E-state index in [0.717, 1.165) is 17.6 Å². The van der Waals surface area contributed by atoms with Crippen LogP contribution in [-0.4, -0.2) is 40.5 Å². The highest BCUT2D eigenvalue weighted by Gasteiger charge is 2.20.